The molecule has 0 spiro atoms. The summed E-state index contributed by atoms with van der Waals surface area (Å²) < 4.78 is 0. The van der Waals surface area contributed by atoms with Crippen molar-refractivity contribution in [2.75, 3.05) is 23.9 Å². The molecule has 9 nitrogen and oxygen atoms in total. The smallest absolute Gasteiger partial charge is 0.332 e. The molecule has 1 aromatic rings. The number of nitro groups is 1. The summed E-state index contributed by atoms with van der Waals surface area (Å²) in [5.41, 5.74) is 2.26. The first kappa shape index (κ1) is 14.1. The summed E-state index contributed by atoms with van der Waals surface area (Å²) in [6, 6.07) is 0. The normalized spacial score (nSPS) is 12.0. The highest BCUT2D eigenvalue weighted by Gasteiger charge is 2.22. The average Bonchev–Trinajstić information content (AvgIpc) is 2.34. The Labute approximate surface area is 104 Å². The van der Waals surface area contributed by atoms with Crippen LogP contribution in [-0.4, -0.2) is 33.1 Å². The van der Waals surface area contributed by atoms with Gasteiger partial charge in [0.25, 0.3) is 0 Å². The second-order valence-electron chi connectivity index (χ2n) is 3.90. The molecular formula is C9H16N6O3. The van der Waals surface area contributed by atoms with E-state index in [1.807, 2.05) is 0 Å². The van der Waals surface area contributed by atoms with Crippen molar-refractivity contribution in [2.24, 2.45) is 11.8 Å². The number of hydrogen-bond donors (Lipinski definition) is 4. The zero-order valence-corrected chi connectivity index (χ0v) is 10.2. The average molecular weight is 256 g/mol. The number of aliphatic hydroxyl groups excluding tert-OH is 1. The molecule has 0 radical (unpaired) electrons. The number of aliphatic hydroxyl groups is 1. The van der Waals surface area contributed by atoms with Crippen LogP contribution in [0.3, 0.4) is 0 Å². The molecule has 1 aromatic heterocycles. The maximum absolute atomic E-state index is 10.9. The predicted molar refractivity (Wildman–Crippen MR) is 66.0 cm³/mol. The van der Waals surface area contributed by atoms with Crippen molar-refractivity contribution < 1.29 is 10.0 Å². The summed E-state index contributed by atoms with van der Waals surface area (Å²) in [5.74, 6) is 5.31. The Morgan fingerprint density at radius 1 is 1.56 bits per heavy atom. The van der Waals surface area contributed by atoms with E-state index in [0.29, 0.717) is 6.54 Å². The van der Waals surface area contributed by atoms with Crippen molar-refractivity contribution >= 4 is 17.5 Å². The van der Waals surface area contributed by atoms with Crippen LogP contribution >= 0.6 is 0 Å². The van der Waals surface area contributed by atoms with Gasteiger partial charge in [0.2, 0.25) is 11.8 Å². The predicted octanol–water partition coefficient (Wildman–Crippen LogP) is 0.0191. The lowest BCUT2D eigenvalue weighted by Crippen LogP contribution is -2.18. The van der Waals surface area contributed by atoms with E-state index in [4.69, 9.17) is 10.9 Å². The molecule has 0 aliphatic heterocycles. The Bertz CT molecular complexity index is 439. The molecule has 0 saturated carbocycles. The van der Waals surface area contributed by atoms with E-state index in [-0.39, 0.29) is 35.7 Å². The first-order valence-corrected chi connectivity index (χ1v) is 5.34. The van der Waals surface area contributed by atoms with Crippen LogP contribution in [0.25, 0.3) is 0 Å². The van der Waals surface area contributed by atoms with Gasteiger partial charge >= 0.3 is 5.69 Å². The van der Waals surface area contributed by atoms with E-state index in [1.165, 1.54) is 6.92 Å². The molecule has 1 heterocycles. The zero-order valence-electron chi connectivity index (χ0n) is 10.2. The third-order valence-electron chi connectivity index (χ3n) is 2.30. The van der Waals surface area contributed by atoms with Gasteiger partial charge in [0.05, 0.1) is 4.92 Å². The minimum absolute atomic E-state index is 0.0210. The van der Waals surface area contributed by atoms with Crippen molar-refractivity contribution in [3.8, 4) is 0 Å². The molecule has 1 atom stereocenters. The molecular weight excluding hydrogens is 240 g/mol. The summed E-state index contributed by atoms with van der Waals surface area (Å²) in [6.45, 7) is 3.64. The molecule has 0 bridgehead atoms. The van der Waals surface area contributed by atoms with Crippen molar-refractivity contribution in [3.63, 3.8) is 0 Å². The largest absolute Gasteiger partial charge is 0.396 e. The van der Waals surface area contributed by atoms with Crippen molar-refractivity contribution in [3.05, 3.63) is 15.8 Å². The highest BCUT2D eigenvalue weighted by atomic mass is 16.6. The number of anilines is 2. The number of hydrogen-bond acceptors (Lipinski definition) is 8. The standard InChI is InChI=1S/C9H16N6O3/c1-5(4-16)3-11-8-7(15(17)18)6(2)12-9(13-8)14-10/h5,16H,3-4,10H2,1-2H3,(H2,11,12,13,14). The fraction of sp³-hybridized carbons (Fsp3) is 0.556. The van der Waals surface area contributed by atoms with E-state index >= 15 is 0 Å². The SMILES string of the molecule is Cc1nc(NN)nc(NCC(C)CO)c1[N+](=O)[O-]. The number of nitrogens with zero attached hydrogens (tertiary/aromatic N) is 3. The van der Waals surface area contributed by atoms with Gasteiger partial charge in [0.1, 0.15) is 5.69 Å². The topological polar surface area (TPSA) is 139 Å². The van der Waals surface area contributed by atoms with Crippen molar-refractivity contribution in [1.82, 2.24) is 9.97 Å². The minimum atomic E-state index is -0.554. The van der Waals surface area contributed by atoms with E-state index in [0.717, 1.165) is 0 Å². The summed E-state index contributed by atoms with van der Waals surface area (Å²) in [7, 11) is 0. The Hall–Kier alpha value is -2.00. The number of nitrogens with one attached hydrogen (secondary N) is 2. The summed E-state index contributed by atoms with van der Waals surface area (Å²) in [4.78, 5) is 18.1. The summed E-state index contributed by atoms with van der Waals surface area (Å²) in [5, 5.41) is 22.7. The van der Waals surface area contributed by atoms with Gasteiger partial charge in [-0.05, 0) is 12.8 Å². The Morgan fingerprint density at radius 2 is 2.22 bits per heavy atom. The second-order valence-corrected chi connectivity index (χ2v) is 3.90. The monoisotopic (exact) mass is 256 g/mol. The fourth-order valence-corrected chi connectivity index (χ4v) is 1.31. The van der Waals surface area contributed by atoms with Crippen LogP contribution in [0.1, 0.15) is 12.6 Å². The first-order valence-electron chi connectivity index (χ1n) is 5.34. The molecule has 0 saturated heterocycles. The number of nitrogens with two attached hydrogens (primary N) is 1. The number of aryl methyl sites for hydroxylation is 1. The number of hydrazine groups is 1. The van der Waals surface area contributed by atoms with Gasteiger partial charge in [-0.25, -0.2) is 10.8 Å². The molecule has 0 aromatic carbocycles. The Morgan fingerprint density at radius 3 is 2.72 bits per heavy atom. The van der Waals surface area contributed by atoms with Gasteiger partial charge < -0.3 is 10.4 Å². The quantitative estimate of drug-likeness (QED) is 0.317. The highest BCUT2D eigenvalue weighted by molar-refractivity contribution is 5.60. The van der Waals surface area contributed by atoms with Gasteiger partial charge in [-0.2, -0.15) is 4.98 Å². The van der Waals surface area contributed by atoms with Crippen molar-refractivity contribution in [2.45, 2.75) is 13.8 Å². The molecule has 100 valence electrons. The third kappa shape index (κ3) is 3.25. The molecule has 0 aliphatic rings. The van der Waals surface area contributed by atoms with Crippen LogP contribution < -0.4 is 16.6 Å². The lowest BCUT2D eigenvalue weighted by atomic mass is 10.2. The minimum Gasteiger partial charge on any atom is -0.396 e. The Kier molecular flexibility index (Phi) is 4.75. The lowest BCUT2D eigenvalue weighted by Gasteiger charge is -2.12. The van der Waals surface area contributed by atoms with Crippen LogP contribution in [0.5, 0.6) is 0 Å². The van der Waals surface area contributed by atoms with E-state index in [9.17, 15) is 10.1 Å². The van der Waals surface area contributed by atoms with E-state index in [1.54, 1.807) is 6.92 Å². The number of nitrogen functional groups attached to an aromatic ring is 1. The van der Waals surface area contributed by atoms with Gasteiger partial charge in [0, 0.05) is 13.2 Å². The van der Waals surface area contributed by atoms with Crippen molar-refractivity contribution in [1.29, 1.82) is 0 Å². The maximum atomic E-state index is 10.9. The summed E-state index contributed by atoms with van der Waals surface area (Å²) >= 11 is 0. The molecule has 9 heteroatoms. The first-order chi connectivity index (χ1) is 8.49. The zero-order chi connectivity index (χ0) is 13.7. The fourth-order valence-electron chi connectivity index (χ4n) is 1.31. The molecule has 0 amide bonds. The van der Waals surface area contributed by atoms with Gasteiger partial charge in [0.15, 0.2) is 0 Å². The molecule has 18 heavy (non-hydrogen) atoms. The van der Waals surface area contributed by atoms with Crippen LogP contribution in [0, 0.1) is 23.0 Å². The maximum Gasteiger partial charge on any atom is 0.332 e. The molecule has 1 unspecified atom stereocenters. The molecule has 0 fully saturated rings. The van der Waals surface area contributed by atoms with Crippen LogP contribution in [0.2, 0.25) is 0 Å². The van der Waals surface area contributed by atoms with Gasteiger partial charge in [-0.1, -0.05) is 6.92 Å². The van der Waals surface area contributed by atoms with E-state index < -0.39 is 4.92 Å². The van der Waals surface area contributed by atoms with Crippen LogP contribution in [0.4, 0.5) is 17.5 Å². The lowest BCUT2D eigenvalue weighted by molar-refractivity contribution is -0.385. The van der Waals surface area contributed by atoms with Crippen LogP contribution in [0.15, 0.2) is 0 Å². The molecule has 0 aliphatic carbocycles. The second kappa shape index (κ2) is 6.07. The van der Waals surface area contributed by atoms with Gasteiger partial charge in [-0.3, -0.25) is 15.5 Å². The number of rotatable bonds is 6. The van der Waals surface area contributed by atoms with Gasteiger partial charge in [-0.15, -0.1) is 0 Å². The molecule has 5 N–H and O–H groups in total. The molecule has 1 rings (SSSR count). The highest BCUT2D eigenvalue weighted by Crippen LogP contribution is 2.26. The Balaban J connectivity index is 3.05. The third-order valence-corrected chi connectivity index (χ3v) is 2.30. The number of aromatic nitrogens is 2. The van der Waals surface area contributed by atoms with E-state index in [2.05, 4.69) is 20.7 Å². The summed E-state index contributed by atoms with van der Waals surface area (Å²) in [6.07, 6.45) is 0. The van der Waals surface area contributed by atoms with Crippen LogP contribution in [-0.2, 0) is 0 Å².